The minimum absolute atomic E-state index is 0.748. The van der Waals surface area contributed by atoms with Crippen LogP contribution in [0.25, 0.3) is 0 Å². The van der Waals surface area contributed by atoms with Crippen LogP contribution in [-0.2, 0) is 13.0 Å². The van der Waals surface area contributed by atoms with Gasteiger partial charge in [0.25, 0.3) is 0 Å². The largest absolute Gasteiger partial charge is 0.296 e. The van der Waals surface area contributed by atoms with Crippen molar-refractivity contribution in [3.63, 3.8) is 0 Å². The highest BCUT2D eigenvalue weighted by atomic mass is 15.2. The van der Waals surface area contributed by atoms with Gasteiger partial charge in [0.15, 0.2) is 0 Å². The monoisotopic (exact) mass is 203 g/mol. The van der Waals surface area contributed by atoms with Crippen LogP contribution in [0.5, 0.6) is 0 Å². The van der Waals surface area contributed by atoms with Gasteiger partial charge in [0.2, 0.25) is 0 Å². The highest BCUT2D eigenvalue weighted by Gasteiger charge is 2.33. The van der Waals surface area contributed by atoms with Gasteiger partial charge in [-0.1, -0.05) is 0 Å². The first-order valence-electron chi connectivity index (χ1n) is 5.86. The SMILES string of the molecule is CC(C1CC1)N1CCc2ncncc2C1. The van der Waals surface area contributed by atoms with E-state index in [2.05, 4.69) is 21.8 Å². The summed E-state index contributed by atoms with van der Waals surface area (Å²) in [6, 6.07) is 0.748. The van der Waals surface area contributed by atoms with E-state index in [9.17, 15) is 0 Å². The number of aromatic nitrogens is 2. The summed E-state index contributed by atoms with van der Waals surface area (Å²) in [7, 11) is 0. The summed E-state index contributed by atoms with van der Waals surface area (Å²) in [5.41, 5.74) is 2.58. The van der Waals surface area contributed by atoms with Crippen molar-refractivity contribution in [1.82, 2.24) is 14.9 Å². The maximum atomic E-state index is 4.34. The molecule has 3 heteroatoms. The standard InChI is InChI=1S/C12H17N3/c1-9(10-2-3-10)15-5-4-12-11(7-15)6-13-8-14-12/h6,8-10H,2-5,7H2,1H3. The molecule has 1 aromatic heterocycles. The Labute approximate surface area is 90.5 Å². The Bertz CT molecular complexity index is 360. The van der Waals surface area contributed by atoms with Gasteiger partial charge in [0, 0.05) is 43.0 Å². The first-order chi connectivity index (χ1) is 7.34. The van der Waals surface area contributed by atoms with Crippen molar-refractivity contribution in [3.05, 3.63) is 23.8 Å². The summed E-state index contributed by atoms with van der Waals surface area (Å²) in [6.07, 6.45) is 7.59. The number of hydrogen-bond donors (Lipinski definition) is 0. The molecule has 2 heterocycles. The van der Waals surface area contributed by atoms with E-state index in [1.807, 2.05) is 6.20 Å². The van der Waals surface area contributed by atoms with Crippen LogP contribution >= 0.6 is 0 Å². The molecule has 0 amide bonds. The first-order valence-corrected chi connectivity index (χ1v) is 5.86. The molecular weight excluding hydrogens is 186 g/mol. The molecule has 1 fully saturated rings. The third kappa shape index (κ3) is 1.76. The van der Waals surface area contributed by atoms with Gasteiger partial charge in [-0.25, -0.2) is 9.97 Å². The van der Waals surface area contributed by atoms with Gasteiger partial charge in [-0.3, -0.25) is 4.90 Å². The highest BCUT2D eigenvalue weighted by Crippen LogP contribution is 2.36. The molecular formula is C12H17N3. The zero-order chi connectivity index (χ0) is 10.3. The molecule has 0 radical (unpaired) electrons. The molecule has 0 saturated heterocycles. The van der Waals surface area contributed by atoms with E-state index in [0.717, 1.165) is 24.9 Å². The second-order valence-electron chi connectivity index (χ2n) is 4.79. The van der Waals surface area contributed by atoms with Crippen LogP contribution < -0.4 is 0 Å². The van der Waals surface area contributed by atoms with Crippen molar-refractivity contribution in [1.29, 1.82) is 0 Å². The predicted molar refractivity (Wildman–Crippen MR) is 58.3 cm³/mol. The Morgan fingerprint density at radius 1 is 1.47 bits per heavy atom. The van der Waals surface area contributed by atoms with Gasteiger partial charge in [-0.2, -0.15) is 0 Å². The van der Waals surface area contributed by atoms with Crippen LogP contribution in [0, 0.1) is 5.92 Å². The Kier molecular flexibility index (Phi) is 2.20. The lowest BCUT2D eigenvalue weighted by atomic mass is 10.0. The van der Waals surface area contributed by atoms with Crippen molar-refractivity contribution < 1.29 is 0 Å². The van der Waals surface area contributed by atoms with E-state index in [1.54, 1.807) is 6.33 Å². The lowest BCUT2D eigenvalue weighted by molar-refractivity contribution is 0.171. The topological polar surface area (TPSA) is 29.0 Å². The van der Waals surface area contributed by atoms with Gasteiger partial charge >= 0.3 is 0 Å². The molecule has 1 aromatic rings. The summed E-state index contributed by atoms with van der Waals surface area (Å²) < 4.78 is 0. The zero-order valence-electron chi connectivity index (χ0n) is 9.19. The maximum Gasteiger partial charge on any atom is 0.115 e. The van der Waals surface area contributed by atoms with Crippen LogP contribution in [0.3, 0.4) is 0 Å². The quantitative estimate of drug-likeness (QED) is 0.731. The average Bonchev–Trinajstić information content (AvgIpc) is 3.11. The van der Waals surface area contributed by atoms with E-state index in [1.165, 1.54) is 30.6 Å². The fourth-order valence-corrected chi connectivity index (χ4v) is 2.51. The predicted octanol–water partition coefficient (Wildman–Crippen LogP) is 1.63. The number of hydrogen-bond acceptors (Lipinski definition) is 3. The molecule has 15 heavy (non-hydrogen) atoms. The average molecular weight is 203 g/mol. The van der Waals surface area contributed by atoms with Gasteiger partial charge in [0.1, 0.15) is 6.33 Å². The smallest absolute Gasteiger partial charge is 0.115 e. The summed E-state index contributed by atoms with van der Waals surface area (Å²) in [4.78, 5) is 11.0. The maximum absolute atomic E-state index is 4.34. The summed E-state index contributed by atoms with van der Waals surface area (Å²) in [5.74, 6) is 0.955. The van der Waals surface area contributed by atoms with Gasteiger partial charge in [-0.15, -0.1) is 0 Å². The minimum Gasteiger partial charge on any atom is -0.296 e. The fraction of sp³-hybridized carbons (Fsp3) is 0.667. The van der Waals surface area contributed by atoms with Crippen molar-refractivity contribution in [2.45, 2.75) is 38.8 Å². The van der Waals surface area contributed by atoms with E-state index in [-0.39, 0.29) is 0 Å². The molecule has 1 saturated carbocycles. The lowest BCUT2D eigenvalue weighted by Gasteiger charge is -2.33. The van der Waals surface area contributed by atoms with Crippen molar-refractivity contribution >= 4 is 0 Å². The van der Waals surface area contributed by atoms with Gasteiger partial charge in [0.05, 0.1) is 0 Å². The Hall–Kier alpha value is -0.960. The third-order valence-electron chi connectivity index (χ3n) is 3.77. The summed E-state index contributed by atoms with van der Waals surface area (Å²) >= 11 is 0. The van der Waals surface area contributed by atoms with Crippen LogP contribution in [-0.4, -0.2) is 27.5 Å². The van der Waals surface area contributed by atoms with E-state index >= 15 is 0 Å². The van der Waals surface area contributed by atoms with E-state index < -0.39 is 0 Å². The second kappa shape index (κ2) is 3.56. The van der Waals surface area contributed by atoms with Crippen LogP contribution in [0.1, 0.15) is 31.0 Å². The van der Waals surface area contributed by atoms with Crippen LogP contribution in [0.15, 0.2) is 12.5 Å². The molecule has 3 nitrogen and oxygen atoms in total. The second-order valence-corrected chi connectivity index (χ2v) is 4.79. The van der Waals surface area contributed by atoms with Crippen molar-refractivity contribution in [2.24, 2.45) is 5.92 Å². The van der Waals surface area contributed by atoms with Gasteiger partial charge in [-0.05, 0) is 25.7 Å². The molecule has 1 atom stereocenters. The summed E-state index contributed by atoms with van der Waals surface area (Å²) in [6.45, 7) is 4.59. The molecule has 1 aliphatic heterocycles. The molecule has 2 aliphatic rings. The van der Waals surface area contributed by atoms with Crippen LogP contribution in [0.4, 0.5) is 0 Å². The normalized spacial score (nSPS) is 23.5. The molecule has 3 rings (SSSR count). The van der Waals surface area contributed by atoms with Crippen molar-refractivity contribution in [3.8, 4) is 0 Å². The Balaban J connectivity index is 1.76. The summed E-state index contributed by atoms with van der Waals surface area (Å²) in [5, 5.41) is 0. The molecule has 1 unspecified atom stereocenters. The Morgan fingerprint density at radius 2 is 2.33 bits per heavy atom. The Morgan fingerprint density at radius 3 is 3.13 bits per heavy atom. The van der Waals surface area contributed by atoms with E-state index in [0.29, 0.717) is 0 Å². The molecule has 1 aliphatic carbocycles. The zero-order valence-corrected chi connectivity index (χ0v) is 9.19. The fourth-order valence-electron chi connectivity index (χ4n) is 2.51. The third-order valence-corrected chi connectivity index (χ3v) is 3.77. The number of nitrogens with zero attached hydrogens (tertiary/aromatic N) is 3. The molecule has 0 bridgehead atoms. The number of rotatable bonds is 2. The van der Waals surface area contributed by atoms with Crippen LogP contribution in [0.2, 0.25) is 0 Å². The first kappa shape index (κ1) is 9.28. The molecule has 80 valence electrons. The van der Waals surface area contributed by atoms with Gasteiger partial charge < -0.3 is 0 Å². The van der Waals surface area contributed by atoms with E-state index in [4.69, 9.17) is 0 Å². The highest BCUT2D eigenvalue weighted by molar-refractivity contribution is 5.19. The molecule has 0 aromatic carbocycles. The van der Waals surface area contributed by atoms with Crippen molar-refractivity contribution in [2.75, 3.05) is 6.54 Å². The molecule has 0 N–H and O–H groups in total. The lowest BCUT2D eigenvalue weighted by Crippen LogP contribution is -2.39. The minimum atomic E-state index is 0.748. The number of fused-ring (bicyclic) bond motifs is 1. The molecule has 0 spiro atoms.